The van der Waals surface area contributed by atoms with E-state index in [1.54, 1.807) is 28.6 Å². The smallest absolute Gasteiger partial charge is 0.243 e. The van der Waals surface area contributed by atoms with Gasteiger partial charge >= 0.3 is 0 Å². The van der Waals surface area contributed by atoms with Crippen LogP contribution in [0.5, 0.6) is 0 Å². The lowest BCUT2D eigenvalue weighted by Gasteiger charge is -2.23. The van der Waals surface area contributed by atoms with Crippen LogP contribution in [0.25, 0.3) is 0 Å². The van der Waals surface area contributed by atoms with Gasteiger partial charge in [-0.1, -0.05) is 18.2 Å². The zero-order chi connectivity index (χ0) is 13.3. The van der Waals surface area contributed by atoms with Crippen LogP contribution >= 0.6 is 0 Å². The minimum atomic E-state index is -3.40. The number of aromatic amines is 1. The fourth-order valence-corrected chi connectivity index (χ4v) is 4.31. The molecule has 0 amide bonds. The summed E-state index contributed by atoms with van der Waals surface area (Å²) in [5.41, 5.74) is 0.969. The predicted molar refractivity (Wildman–Crippen MR) is 73.1 cm³/mol. The molecule has 1 saturated heterocycles. The van der Waals surface area contributed by atoms with Gasteiger partial charge in [-0.3, -0.25) is 0 Å². The summed E-state index contributed by atoms with van der Waals surface area (Å²) >= 11 is 0. The largest absolute Gasteiger partial charge is 0.364 e. The Hall–Kier alpha value is -1.59. The molecule has 1 unspecified atom stereocenters. The predicted octanol–water partition coefficient (Wildman–Crippen LogP) is 2.54. The maximum Gasteiger partial charge on any atom is 0.243 e. The average Bonchev–Trinajstić information content (AvgIpc) is 3.10. The first-order chi connectivity index (χ1) is 9.19. The van der Waals surface area contributed by atoms with E-state index in [2.05, 4.69) is 4.98 Å². The minimum Gasteiger partial charge on any atom is -0.364 e. The van der Waals surface area contributed by atoms with Gasteiger partial charge in [0.15, 0.2) is 0 Å². The fourth-order valence-electron chi connectivity index (χ4n) is 2.62. The van der Waals surface area contributed by atoms with E-state index in [0.29, 0.717) is 11.4 Å². The number of rotatable bonds is 3. The molecule has 0 spiro atoms. The number of H-pyrrole nitrogens is 1. The summed E-state index contributed by atoms with van der Waals surface area (Å²) in [5, 5.41) is 0. The highest BCUT2D eigenvalue weighted by Gasteiger charge is 2.36. The molecule has 100 valence electrons. The SMILES string of the molecule is O=S(=O)(c1ccccc1)N1CCCC1c1ccc[nH]1. The van der Waals surface area contributed by atoms with Crippen molar-refractivity contribution in [2.75, 3.05) is 6.54 Å². The molecule has 0 radical (unpaired) electrons. The molecule has 1 aliphatic heterocycles. The lowest BCUT2D eigenvalue weighted by Crippen LogP contribution is -2.30. The number of hydrogen-bond acceptors (Lipinski definition) is 2. The molecule has 5 heteroatoms. The normalized spacial score (nSPS) is 20.7. The first kappa shape index (κ1) is 12.4. The molecule has 19 heavy (non-hydrogen) atoms. The van der Waals surface area contributed by atoms with Crippen LogP contribution in [-0.4, -0.2) is 24.3 Å². The lowest BCUT2D eigenvalue weighted by atomic mass is 10.2. The van der Waals surface area contributed by atoms with Crippen molar-refractivity contribution in [1.82, 2.24) is 9.29 Å². The summed E-state index contributed by atoms with van der Waals surface area (Å²) in [7, 11) is -3.40. The van der Waals surface area contributed by atoms with Crippen molar-refractivity contribution >= 4 is 10.0 Å². The van der Waals surface area contributed by atoms with E-state index in [1.807, 2.05) is 24.4 Å². The van der Waals surface area contributed by atoms with Crippen LogP contribution in [0.4, 0.5) is 0 Å². The first-order valence-electron chi connectivity index (χ1n) is 6.40. The zero-order valence-electron chi connectivity index (χ0n) is 10.5. The molecule has 0 bridgehead atoms. The number of aromatic nitrogens is 1. The van der Waals surface area contributed by atoms with Gasteiger partial charge in [0.1, 0.15) is 0 Å². The Morgan fingerprint density at radius 3 is 2.58 bits per heavy atom. The fraction of sp³-hybridized carbons (Fsp3) is 0.286. The molecule has 1 fully saturated rings. The van der Waals surface area contributed by atoms with E-state index in [9.17, 15) is 8.42 Å². The Bertz CT molecular complexity index is 635. The van der Waals surface area contributed by atoms with Crippen LogP contribution < -0.4 is 0 Å². The Morgan fingerprint density at radius 1 is 1.11 bits per heavy atom. The molecular formula is C14H16N2O2S. The quantitative estimate of drug-likeness (QED) is 0.936. The zero-order valence-corrected chi connectivity index (χ0v) is 11.3. The molecule has 0 saturated carbocycles. The van der Waals surface area contributed by atoms with Crippen LogP contribution in [0.3, 0.4) is 0 Å². The topological polar surface area (TPSA) is 53.2 Å². The number of nitrogens with zero attached hydrogens (tertiary/aromatic N) is 1. The van der Waals surface area contributed by atoms with Crippen molar-refractivity contribution in [2.45, 2.75) is 23.8 Å². The average molecular weight is 276 g/mol. The molecule has 3 rings (SSSR count). The molecule has 0 aliphatic carbocycles. The van der Waals surface area contributed by atoms with Gasteiger partial charge < -0.3 is 4.98 Å². The highest BCUT2D eigenvalue weighted by Crippen LogP contribution is 2.35. The summed E-state index contributed by atoms with van der Waals surface area (Å²) in [6.45, 7) is 0.584. The second kappa shape index (κ2) is 4.83. The lowest BCUT2D eigenvalue weighted by molar-refractivity contribution is 0.391. The van der Waals surface area contributed by atoms with Crippen molar-refractivity contribution in [3.05, 3.63) is 54.4 Å². The van der Waals surface area contributed by atoms with Gasteiger partial charge in [-0.25, -0.2) is 8.42 Å². The van der Waals surface area contributed by atoms with E-state index >= 15 is 0 Å². The molecule has 2 heterocycles. The van der Waals surface area contributed by atoms with Gasteiger partial charge in [-0.15, -0.1) is 0 Å². The van der Waals surface area contributed by atoms with Gasteiger partial charge in [0.05, 0.1) is 10.9 Å². The van der Waals surface area contributed by atoms with Crippen LogP contribution in [-0.2, 0) is 10.0 Å². The molecule has 1 aromatic carbocycles. The molecule has 1 aromatic heterocycles. The molecule has 1 atom stereocenters. The van der Waals surface area contributed by atoms with Crippen LogP contribution in [0.1, 0.15) is 24.6 Å². The second-order valence-corrected chi connectivity index (χ2v) is 6.60. The third-order valence-electron chi connectivity index (χ3n) is 3.53. The summed E-state index contributed by atoms with van der Waals surface area (Å²) in [6.07, 6.45) is 3.60. The maximum absolute atomic E-state index is 12.7. The van der Waals surface area contributed by atoms with E-state index < -0.39 is 10.0 Å². The molecule has 1 N–H and O–H groups in total. The highest BCUT2D eigenvalue weighted by molar-refractivity contribution is 7.89. The number of nitrogens with one attached hydrogen (secondary N) is 1. The van der Waals surface area contributed by atoms with Crippen LogP contribution in [0, 0.1) is 0 Å². The Kier molecular flexibility index (Phi) is 3.16. The maximum atomic E-state index is 12.7. The number of hydrogen-bond donors (Lipinski definition) is 1. The van der Waals surface area contributed by atoms with Crippen molar-refractivity contribution in [2.24, 2.45) is 0 Å². The molecular weight excluding hydrogens is 260 g/mol. The van der Waals surface area contributed by atoms with Gasteiger partial charge in [0.2, 0.25) is 10.0 Å². The number of benzene rings is 1. The Balaban J connectivity index is 1.97. The minimum absolute atomic E-state index is 0.0693. The van der Waals surface area contributed by atoms with Gasteiger partial charge in [-0.05, 0) is 37.1 Å². The standard InChI is InChI=1S/C14H16N2O2S/c17-19(18,12-6-2-1-3-7-12)16-11-5-9-14(16)13-8-4-10-15-13/h1-4,6-8,10,14-15H,5,9,11H2. The van der Waals surface area contributed by atoms with Gasteiger partial charge in [0, 0.05) is 18.4 Å². The third kappa shape index (κ3) is 2.19. The van der Waals surface area contributed by atoms with Crippen LogP contribution in [0.2, 0.25) is 0 Å². The molecule has 2 aromatic rings. The van der Waals surface area contributed by atoms with Gasteiger partial charge in [-0.2, -0.15) is 4.31 Å². The van der Waals surface area contributed by atoms with Crippen LogP contribution in [0.15, 0.2) is 53.6 Å². The van der Waals surface area contributed by atoms with E-state index in [0.717, 1.165) is 18.5 Å². The highest BCUT2D eigenvalue weighted by atomic mass is 32.2. The van der Waals surface area contributed by atoms with Crippen molar-refractivity contribution in [3.63, 3.8) is 0 Å². The summed E-state index contributed by atoms with van der Waals surface area (Å²) in [6, 6.07) is 12.4. The van der Waals surface area contributed by atoms with Crippen molar-refractivity contribution < 1.29 is 8.42 Å². The Morgan fingerprint density at radius 2 is 1.89 bits per heavy atom. The summed E-state index contributed by atoms with van der Waals surface area (Å²) < 4.78 is 26.9. The van der Waals surface area contributed by atoms with Crippen molar-refractivity contribution in [1.29, 1.82) is 0 Å². The monoisotopic (exact) mass is 276 g/mol. The molecule has 4 nitrogen and oxygen atoms in total. The first-order valence-corrected chi connectivity index (χ1v) is 7.84. The van der Waals surface area contributed by atoms with Crippen molar-refractivity contribution in [3.8, 4) is 0 Å². The van der Waals surface area contributed by atoms with E-state index in [-0.39, 0.29) is 6.04 Å². The van der Waals surface area contributed by atoms with E-state index in [4.69, 9.17) is 0 Å². The van der Waals surface area contributed by atoms with E-state index in [1.165, 1.54) is 0 Å². The summed E-state index contributed by atoms with van der Waals surface area (Å²) in [5.74, 6) is 0. The molecule has 1 aliphatic rings. The van der Waals surface area contributed by atoms with Gasteiger partial charge in [0.25, 0.3) is 0 Å². The second-order valence-electron chi connectivity index (χ2n) is 4.71. The third-order valence-corrected chi connectivity index (χ3v) is 5.46. The summed E-state index contributed by atoms with van der Waals surface area (Å²) in [4.78, 5) is 3.50. The Labute approximate surface area is 113 Å². The number of sulfonamides is 1.